The Balaban J connectivity index is 1.41. The summed E-state index contributed by atoms with van der Waals surface area (Å²) in [6, 6.07) is 35.6. The zero-order valence-corrected chi connectivity index (χ0v) is 25.8. The van der Waals surface area contributed by atoms with Gasteiger partial charge in [-0.1, -0.05) is 139 Å². The van der Waals surface area contributed by atoms with E-state index in [-0.39, 0.29) is 17.5 Å². The van der Waals surface area contributed by atoms with Crippen LogP contribution in [-0.2, 0) is 10.1 Å². The molecule has 0 saturated carbocycles. The van der Waals surface area contributed by atoms with Gasteiger partial charge >= 0.3 is 0 Å². The Kier molecular flexibility index (Phi) is 7.10. The highest BCUT2D eigenvalue weighted by molar-refractivity contribution is 7.82. The number of nitrogens with one attached hydrogen (secondary N) is 1. The van der Waals surface area contributed by atoms with Crippen LogP contribution in [0.4, 0.5) is 0 Å². The predicted molar refractivity (Wildman–Crippen MR) is 186 cm³/mol. The van der Waals surface area contributed by atoms with E-state index >= 15 is 4.57 Å². The molecule has 2 aliphatic carbocycles. The summed E-state index contributed by atoms with van der Waals surface area (Å²) in [5.74, 6) is 2.70. The van der Waals surface area contributed by atoms with Gasteiger partial charge in [0.25, 0.3) is 0 Å². The van der Waals surface area contributed by atoms with Crippen molar-refractivity contribution in [3.63, 3.8) is 0 Å². The van der Waals surface area contributed by atoms with Crippen LogP contribution in [0, 0.1) is 18.3 Å². The van der Waals surface area contributed by atoms with Crippen molar-refractivity contribution in [3.8, 4) is 12.3 Å². The fraction of sp³-hybridized carbons (Fsp3) is 0.122. The molecule has 1 heterocycles. The van der Waals surface area contributed by atoms with Gasteiger partial charge in [0.05, 0.1) is 5.54 Å². The summed E-state index contributed by atoms with van der Waals surface area (Å²) in [6.45, 7) is 4.24. The molecule has 2 nitrogen and oxygen atoms in total. The number of hydrogen-bond acceptors (Lipinski definition) is 2. The molecular weight excluding hydrogens is 553 g/mol. The molecule has 3 unspecified atom stereocenters. The standard InChI is InChI=1S/C41H34NOP/c1-4-6-16-32(5-2)44(43,33-17-8-7-9-18-33)34-25-21-31(22-26-34)39-36-27-23-29-14-10-12-19-35(29)40(36)42-41(3)37-20-13-11-15-30(37)24-28-38(39)41/h1,5-28,36,40,42H,2-3H3/b16-6-,32-5+/t36-,40?,41?,44?/m1/s1. The molecule has 0 fully saturated rings. The van der Waals surface area contributed by atoms with Gasteiger partial charge in [0, 0.05) is 27.9 Å². The van der Waals surface area contributed by atoms with E-state index < -0.39 is 7.14 Å². The molecule has 4 atom stereocenters. The van der Waals surface area contributed by atoms with Crippen molar-refractivity contribution in [2.75, 3.05) is 0 Å². The third-order valence-electron chi connectivity index (χ3n) is 9.38. The second kappa shape index (κ2) is 11.1. The third kappa shape index (κ3) is 4.36. The van der Waals surface area contributed by atoms with Gasteiger partial charge in [0.2, 0.25) is 0 Å². The molecule has 7 rings (SSSR count). The SMILES string of the molecule is C#C/C=C\C(=C/C)P(=O)(c1ccccc1)c1ccc(C2=C3C=Cc4ccccc4C3(C)NC3c4ccccc4C=C[C@H]23)cc1. The van der Waals surface area contributed by atoms with E-state index in [2.05, 4.69) is 115 Å². The van der Waals surface area contributed by atoms with Gasteiger partial charge in [-0.3, -0.25) is 5.32 Å². The Morgan fingerprint density at radius 2 is 1.52 bits per heavy atom. The highest BCUT2D eigenvalue weighted by Gasteiger charge is 2.46. The van der Waals surface area contributed by atoms with Crippen molar-refractivity contribution in [2.24, 2.45) is 5.92 Å². The van der Waals surface area contributed by atoms with E-state index in [0.717, 1.165) is 21.5 Å². The molecule has 1 N–H and O–H groups in total. The molecule has 0 saturated heterocycles. The number of hydrogen-bond donors (Lipinski definition) is 1. The number of benzene rings is 4. The number of rotatable bonds is 5. The molecule has 0 amide bonds. The molecule has 0 spiro atoms. The van der Waals surface area contributed by atoms with Gasteiger partial charge in [-0.25, -0.2) is 0 Å². The lowest BCUT2D eigenvalue weighted by Gasteiger charge is -2.49. The fourth-order valence-corrected chi connectivity index (χ4v) is 9.98. The summed E-state index contributed by atoms with van der Waals surface area (Å²) in [7, 11) is -3.16. The fourth-order valence-electron chi connectivity index (χ4n) is 7.28. The van der Waals surface area contributed by atoms with Crippen molar-refractivity contribution in [1.29, 1.82) is 0 Å². The zero-order valence-electron chi connectivity index (χ0n) is 24.9. The first kappa shape index (κ1) is 28.1. The third-order valence-corrected chi connectivity index (χ3v) is 12.6. The van der Waals surface area contributed by atoms with Gasteiger partial charge in [0.1, 0.15) is 0 Å². The lowest BCUT2D eigenvalue weighted by molar-refractivity contribution is 0.321. The molecule has 0 aromatic heterocycles. The van der Waals surface area contributed by atoms with Crippen LogP contribution >= 0.6 is 7.14 Å². The Morgan fingerprint density at radius 3 is 2.27 bits per heavy atom. The van der Waals surface area contributed by atoms with Gasteiger partial charge in [-0.05, 0) is 65.0 Å². The first-order chi connectivity index (χ1) is 21.5. The van der Waals surface area contributed by atoms with Crippen LogP contribution in [-0.4, -0.2) is 0 Å². The molecule has 1 aliphatic heterocycles. The van der Waals surface area contributed by atoms with Crippen LogP contribution in [0.3, 0.4) is 0 Å². The summed E-state index contributed by atoms with van der Waals surface area (Å²) < 4.78 is 15.1. The van der Waals surface area contributed by atoms with E-state index in [1.807, 2.05) is 49.4 Å². The molecule has 44 heavy (non-hydrogen) atoms. The normalized spacial score (nSPS) is 23.2. The van der Waals surface area contributed by atoms with E-state index in [1.54, 1.807) is 6.08 Å². The average molecular weight is 588 g/mol. The van der Waals surface area contributed by atoms with Gasteiger partial charge in [0.15, 0.2) is 7.14 Å². The molecule has 4 aromatic carbocycles. The summed E-state index contributed by atoms with van der Waals surface area (Å²) in [6.07, 6.45) is 20.0. The van der Waals surface area contributed by atoms with Crippen molar-refractivity contribution in [1.82, 2.24) is 5.32 Å². The maximum Gasteiger partial charge on any atom is 0.170 e. The lowest BCUT2D eigenvalue weighted by Crippen LogP contribution is -2.51. The predicted octanol–water partition coefficient (Wildman–Crippen LogP) is 8.78. The second-order valence-corrected chi connectivity index (χ2v) is 14.5. The number of allylic oxidation sites excluding steroid dienone is 4. The molecule has 0 bridgehead atoms. The highest BCUT2D eigenvalue weighted by atomic mass is 31.2. The summed E-state index contributed by atoms with van der Waals surface area (Å²) in [5, 5.41) is 6.41. The van der Waals surface area contributed by atoms with E-state index in [1.165, 1.54) is 33.4 Å². The molecule has 0 radical (unpaired) electrons. The van der Waals surface area contributed by atoms with Crippen molar-refractivity contribution < 1.29 is 4.57 Å². The minimum absolute atomic E-state index is 0.109. The van der Waals surface area contributed by atoms with Gasteiger partial charge in [-0.15, -0.1) is 6.42 Å². The van der Waals surface area contributed by atoms with Crippen LogP contribution in [0.2, 0.25) is 0 Å². The average Bonchev–Trinajstić information content (AvgIpc) is 3.08. The summed E-state index contributed by atoms with van der Waals surface area (Å²) in [5.41, 5.74) is 8.42. The second-order valence-electron chi connectivity index (χ2n) is 11.7. The minimum Gasteiger partial charge on any atom is -0.309 e. The van der Waals surface area contributed by atoms with Crippen molar-refractivity contribution >= 4 is 35.5 Å². The highest BCUT2D eigenvalue weighted by Crippen LogP contribution is 2.55. The quantitative estimate of drug-likeness (QED) is 0.144. The Morgan fingerprint density at radius 1 is 0.841 bits per heavy atom. The first-order valence-electron chi connectivity index (χ1n) is 15.1. The van der Waals surface area contributed by atoms with Crippen molar-refractivity contribution in [2.45, 2.75) is 25.4 Å². The van der Waals surface area contributed by atoms with Crippen LogP contribution in [0.15, 0.2) is 144 Å². The van der Waals surface area contributed by atoms with E-state index in [4.69, 9.17) is 6.42 Å². The van der Waals surface area contributed by atoms with Crippen LogP contribution in [0.25, 0.3) is 17.7 Å². The van der Waals surface area contributed by atoms with E-state index in [0.29, 0.717) is 0 Å². The zero-order chi connectivity index (χ0) is 30.3. The smallest absolute Gasteiger partial charge is 0.170 e. The van der Waals surface area contributed by atoms with Crippen molar-refractivity contribution in [3.05, 3.63) is 172 Å². The monoisotopic (exact) mass is 587 g/mol. The minimum atomic E-state index is -3.16. The summed E-state index contributed by atoms with van der Waals surface area (Å²) >= 11 is 0. The molecule has 4 aromatic rings. The topological polar surface area (TPSA) is 29.1 Å². The first-order valence-corrected chi connectivity index (χ1v) is 16.8. The summed E-state index contributed by atoms with van der Waals surface area (Å²) in [4.78, 5) is 0. The maximum atomic E-state index is 15.1. The Hall–Kier alpha value is -4.67. The maximum absolute atomic E-state index is 15.1. The van der Waals surface area contributed by atoms with E-state index in [9.17, 15) is 0 Å². The number of fused-ring (bicyclic) bond motifs is 6. The molecule has 214 valence electrons. The van der Waals surface area contributed by atoms with Gasteiger partial charge < -0.3 is 4.57 Å². The molecular formula is C41H34NOP. The number of terminal acetylenes is 1. The largest absolute Gasteiger partial charge is 0.309 e. The van der Waals surface area contributed by atoms with Crippen LogP contribution in [0.1, 0.15) is 47.7 Å². The Bertz CT molecular complexity index is 2000. The Labute approximate surface area is 260 Å². The molecule has 3 heteroatoms. The lowest BCUT2D eigenvalue weighted by atomic mass is 9.65. The van der Waals surface area contributed by atoms with Crippen LogP contribution in [0.5, 0.6) is 0 Å². The molecule has 3 aliphatic rings. The van der Waals surface area contributed by atoms with Crippen LogP contribution < -0.4 is 15.9 Å². The van der Waals surface area contributed by atoms with Gasteiger partial charge in [-0.2, -0.15) is 0 Å².